The third kappa shape index (κ3) is 3.61. The van der Waals surface area contributed by atoms with Crippen molar-refractivity contribution in [2.75, 3.05) is 18.6 Å². The van der Waals surface area contributed by atoms with Crippen LogP contribution in [0.3, 0.4) is 0 Å². The zero-order chi connectivity index (χ0) is 13.8. The lowest BCUT2D eigenvalue weighted by molar-refractivity contribution is -0.131. The largest absolute Gasteiger partial charge is 0.478 e. The van der Waals surface area contributed by atoms with Gasteiger partial charge in [0.2, 0.25) is 0 Å². The molecule has 2 rings (SSSR count). The number of hydrogen-bond acceptors (Lipinski definition) is 4. The van der Waals surface area contributed by atoms with Gasteiger partial charge in [-0.1, -0.05) is 0 Å². The SMILES string of the molecule is CN(C(=O)c1ccc(/C=C/C(=O)O)s1)C1CCSC1. The van der Waals surface area contributed by atoms with Crippen molar-refractivity contribution in [3.63, 3.8) is 0 Å². The van der Waals surface area contributed by atoms with Crippen molar-refractivity contribution in [2.24, 2.45) is 0 Å². The zero-order valence-electron chi connectivity index (χ0n) is 10.5. The van der Waals surface area contributed by atoms with Gasteiger partial charge in [-0.3, -0.25) is 4.79 Å². The number of carbonyl (C=O) groups is 2. The minimum Gasteiger partial charge on any atom is -0.478 e. The van der Waals surface area contributed by atoms with Crippen LogP contribution < -0.4 is 0 Å². The molecule has 6 heteroatoms. The Kier molecular flexibility index (Phi) is 4.66. The minimum absolute atomic E-state index is 0.0208. The molecule has 2 heterocycles. The molecule has 1 N–H and O–H groups in total. The van der Waals surface area contributed by atoms with Crippen LogP contribution in [0.1, 0.15) is 21.0 Å². The van der Waals surface area contributed by atoms with Crippen LogP contribution in [0.25, 0.3) is 6.08 Å². The molecule has 0 aromatic carbocycles. The van der Waals surface area contributed by atoms with E-state index < -0.39 is 5.97 Å². The van der Waals surface area contributed by atoms with Crippen molar-refractivity contribution in [2.45, 2.75) is 12.5 Å². The first-order valence-electron chi connectivity index (χ1n) is 5.93. The summed E-state index contributed by atoms with van der Waals surface area (Å²) in [4.78, 5) is 25.9. The summed E-state index contributed by atoms with van der Waals surface area (Å²) in [7, 11) is 1.84. The van der Waals surface area contributed by atoms with E-state index in [-0.39, 0.29) is 5.91 Å². The fraction of sp³-hybridized carbons (Fsp3) is 0.385. The van der Waals surface area contributed by atoms with Gasteiger partial charge in [-0.2, -0.15) is 11.8 Å². The summed E-state index contributed by atoms with van der Waals surface area (Å²) in [6, 6.07) is 3.85. The van der Waals surface area contributed by atoms with Gasteiger partial charge in [-0.25, -0.2) is 4.79 Å². The molecule has 1 amide bonds. The van der Waals surface area contributed by atoms with Gasteiger partial charge in [0.25, 0.3) is 5.91 Å². The molecule has 1 aromatic rings. The highest BCUT2D eigenvalue weighted by molar-refractivity contribution is 7.99. The summed E-state index contributed by atoms with van der Waals surface area (Å²) < 4.78 is 0. The number of carboxylic acid groups (broad SMARTS) is 1. The molecule has 1 saturated heterocycles. The molecule has 1 aliphatic rings. The Morgan fingerprint density at radius 1 is 1.47 bits per heavy atom. The fourth-order valence-electron chi connectivity index (χ4n) is 1.88. The maximum atomic E-state index is 12.3. The number of thiophene rings is 1. The minimum atomic E-state index is -0.985. The number of hydrogen-bond donors (Lipinski definition) is 1. The number of thioether (sulfide) groups is 1. The zero-order valence-corrected chi connectivity index (χ0v) is 12.2. The standard InChI is InChI=1S/C13H15NO3S2/c1-14(9-6-7-18-8-9)13(17)11-4-2-10(19-11)3-5-12(15)16/h2-5,9H,6-8H2,1H3,(H,15,16)/b5-3+. The Balaban J connectivity index is 2.05. The average molecular weight is 297 g/mol. The van der Waals surface area contributed by atoms with E-state index >= 15 is 0 Å². The third-order valence-corrected chi connectivity index (χ3v) is 5.18. The Morgan fingerprint density at radius 2 is 2.26 bits per heavy atom. The van der Waals surface area contributed by atoms with Crippen LogP contribution in [-0.2, 0) is 4.79 Å². The quantitative estimate of drug-likeness (QED) is 0.867. The van der Waals surface area contributed by atoms with Crippen LogP contribution >= 0.6 is 23.1 Å². The number of rotatable bonds is 4. The molecule has 4 nitrogen and oxygen atoms in total. The highest BCUT2D eigenvalue weighted by Crippen LogP contribution is 2.25. The van der Waals surface area contributed by atoms with Crippen molar-refractivity contribution < 1.29 is 14.7 Å². The molecule has 1 aliphatic heterocycles. The van der Waals surface area contributed by atoms with E-state index in [0.717, 1.165) is 28.9 Å². The predicted molar refractivity (Wildman–Crippen MR) is 78.8 cm³/mol. The van der Waals surface area contributed by atoms with Gasteiger partial charge in [-0.05, 0) is 30.4 Å². The van der Waals surface area contributed by atoms with Crippen LogP contribution in [0.5, 0.6) is 0 Å². The molecule has 102 valence electrons. The van der Waals surface area contributed by atoms with E-state index in [1.54, 1.807) is 17.0 Å². The second-order valence-electron chi connectivity index (χ2n) is 4.31. The van der Waals surface area contributed by atoms with Gasteiger partial charge in [0.05, 0.1) is 4.88 Å². The summed E-state index contributed by atoms with van der Waals surface area (Å²) in [6.45, 7) is 0. The van der Waals surface area contributed by atoms with Gasteiger partial charge in [0.1, 0.15) is 0 Å². The van der Waals surface area contributed by atoms with Crippen molar-refractivity contribution >= 4 is 41.1 Å². The Morgan fingerprint density at radius 3 is 2.89 bits per heavy atom. The van der Waals surface area contributed by atoms with E-state index in [1.165, 1.54) is 17.4 Å². The highest BCUT2D eigenvalue weighted by atomic mass is 32.2. The van der Waals surface area contributed by atoms with Gasteiger partial charge in [-0.15, -0.1) is 11.3 Å². The molecule has 0 spiro atoms. The molecule has 1 atom stereocenters. The second kappa shape index (κ2) is 6.25. The Hall–Kier alpha value is -1.27. The van der Waals surface area contributed by atoms with Crippen LogP contribution in [0.4, 0.5) is 0 Å². The van der Waals surface area contributed by atoms with E-state index in [0.29, 0.717) is 10.9 Å². The molecule has 0 aliphatic carbocycles. The number of carboxylic acids is 1. The Labute approximate surface area is 120 Å². The molecule has 1 aromatic heterocycles. The van der Waals surface area contributed by atoms with Gasteiger partial charge in [0, 0.05) is 29.8 Å². The summed E-state index contributed by atoms with van der Waals surface area (Å²) in [5, 5.41) is 8.56. The van der Waals surface area contributed by atoms with E-state index in [9.17, 15) is 9.59 Å². The molecule has 0 saturated carbocycles. The predicted octanol–water partition coefficient (Wildman–Crippen LogP) is 2.42. The molecular weight excluding hydrogens is 282 g/mol. The summed E-state index contributed by atoms with van der Waals surface area (Å²) in [6.07, 6.45) is 3.64. The number of aliphatic carboxylic acids is 1. The van der Waals surface area contributed by atoms with Crippen molar-refractivity contribution in [1.29, 1.82) is 0 Å². The van der Waals surface area contributed by atoms with Crippen molar-refractivity contribution in [3.8, 4) is 0 Å². The Bertz CT molecular complexity index is 504. The smallest absolute Gasteiger partial charge is 0.328 e. The lowest BCUT2D eigenvalue weighted by Gasteiger charge is -2.22. The molecule has 0 bridgehead atoms. The van der Waals surface area contributed by atoms with E-state index in [4.69, 9.17) is 5.11 Å². The highest BCUT2D eigenvalue weighted by Gasteiger charge is 2.25. The molecule has 1 fully saturated rings. The number of carbonyl (C=O) groups excluding carboxylic acids is 1. The average Bonchev–Trinajstić information content (AvgIpc) is 3.05. The van der Waals surface area contributed by atoms with Crippen LogP contribution in [-0.4, -0.2) is 46.5 Å². The maximum Gasteiger partial charge on any atom is 0.328 e. The summed E-state index contributed by atoms with van der Waals surface area (Å²) in [5.41, 5.74) is 0. The van der Waals surface area contributed by atoms with Crippen LogP contribution in [0.15, 0.2) is 18.2 Å². The maximum absolute atomic E-state index is 12.3. The van der Waals surface area contributed by atoms with Gasteiger partial charge in [0.15, 0.2) is 0 Å². The molecule has 0 radical (unpaired) electrons. The van der Waals surface area contributed by atoms with Gasteiger partial charge >= 0.3 is 5.97 Å². The van der Waals surface area contributed by atoms with Crippen molar-refractivity contribution in [1.82, 2.24) is 4.90 Å². The summed E-state index contributed by atoms with van der Waals surface area (Å²) in [5.74, 6) is 1.15. The monoisotopic (exact) mass is 297 g/mol. The third-order valence-electron chi connectivity index (χ3n) is 3.00. The molecular formula is C13H15NO3S2. The topological polar surface area (TPSA) is 57.6 Å². The normalized spacial score (nSPS) is 18.9. The lowest BCUT2D eigenvalue weighted by atomic mass is 10.2. The molecule has 1 unspecified atom stereocenters. The fourth-order valence-corrected chi connectivity index (χ4v) is 4.04. The van der Waals surface area contributed by atoms with Crippen LogP contribution in [0, 0.1) is 0 Å². The number of nitrogens with zero attached hydrogens (tertiary/aromatic N) is 1. The first-order valence-corrected chi connectivity index (χ1v) is 7.91. The van der Waals surface area contributed by atoms with Gasteiger partial charge < -0.3 is 10.0 Å². The first-order chi connectivity index (χ1) is 9.08. The van der Waals surface area contributed by atoms with Crippen molar-refractivity contribution in [3.05, 3.63) is 28.0 Å². The van der Waals surface area contributed by atoms with Crippen LogP contribution in [0.2, 0.25) is 0 Å². The summed E-state index contributed by atoms with van der Waals surface area (Å²) >= 11 is 3.19. The van der Waals surface area contributed by atoms with E-state index in [1.807, 2.05) is 18.8 Å². The lowest BCUT2D eigenvalue weighted by Crippen LogP contribution is -2.36. The first kappa shape index (κ1) is 14.1. The molecule has 19 heavy (non-hydrogen) atoms. The number of amides is 1. The van der Waals surface area contributed by atoms with E-state index in [2.05, 4.69) is 0 Å². The second-order valence-corrected chi connectivity index (χ2v) is 6.57.